The molecule has 0 saturated heterocycles. The summed E-state index contributed by atoms with van der Waals surface area (Å²) in [6.45, 7) is 3.73. The first-order valence-corrected chi connectivity index (χ1v) is 9.51. The van der Waals surface area contributed by atoms with Crippen LogP contribution in [0.15, 0.2) is 40.9 Å². The van der Waals surface area contributed by atoms with Crippen molar-refractivity contribution in [2.45, 2.75) is 26.4 Å². The van der Waals surface area contributed by atoms with E-state index in [1.165, 1.54) is 0 Å². The summed E-state index contributed by atoms with van der Waals surface area (Å²) in [6.07, 6.45) is 0. The Kier molecular flexibility index (Phi) is 7.87. The highest BCUT2D eigenvalue weighted by atomic mass is 32.2. The second-order valence-corrected chi connectivity index (χ2v) is 6.84. The molecule has 27 heavy (non-hydrogen) atoms. The van der Waals surface area contributed by atoms with E-state index in [1.807, 2.05) is 30.3 Å². The van der Waals surface area contributed by atoms with Crippen LogP contribution < -0.4 is 16.0 Å². The summed E-state index contributed by atoms with van der Waals surface area (Å²) in [5, 5.41) is 11.6. The first-order valence-electron chi connectivity index (χ1n) is 8.36. The molecule has 2 rings (SSSR count). The molecule has 1 aromatic carbocycles. The van der Waals surface area contributed by atoms with Crippen LogP contribution in [0.5, 0.6) is 0 Å². The van der Waals surface area contributed by atoms with Crippen molar-refractivity contribution in [3.8, 4) is 0 Å². The normalized spacial score (nSPS) is 11.5. The van der Waals surface area contributed by atoms with Crippen LogP contribution in [0.2, 0.25) is 0 Å². The fraction of sp³-hybridized carbons (Fsp3) is 0.333. The number of hydrogen-bond donors (Lipinski definition) is 3. The molecule has 1 atom stereocenters. The van der Waals surface area contributed by atoms with E-state index >= 15 is 0 Å². The minimum atomic E-state index is -0.659. The number of nitrogens with zero attached hydrogens (tertiary/aromatic N) is 1. The quantitative estimate of drug-likeness (QED) is 0.598. The van der Waals surface area contributed by atoms with Gasteiger partial charge >= 0.3 is 0 Å². The molecule has 1 unspecified atom stereocenters. The van der Waals surface area contributed by atoms with Gasteiger partial charge < -0.3 is 20.5 Å². The first kappa shape index (κ1) is 20.5. The maximum absolute atomic E-state index is 12.0. The highest BCUT2D eigenvalue weighted by molar-refractivity contribution is 8.00. The molecule has 3 N–H and O–H groups in total. The zero-order chi connectivity index (χ0) is 19.6. The van der Waals surface area contributed by atoms with Crippen LogP contribution in [0.25, 0.3) is 0 Å². The van der Waals surface area contributed by atoms with E-state index in [9.17, 15) is 14.4 Å². The Balaban J connectivity index is 1.62. The summed E-state index contributed by atoms with van der Waals surface area (Å²) in [4.78, 5) is 35.7. The fourth-order valence-corrected chi connectivity index (χ4v) is 2.76. The zero-order valence-corrected chi connectivity index (χ0v) is 16.0. The molecular weight excluding hydrogens is 368 g/mol. The number of carbonyl (C=O) groups excluding carboxylic acids is 3. The molecule has 0 aliphatic heterocycles. The van der Waals surface area contributed by atoms with Crippen molar-refractivity contribution < 1.29 is 18.9 Å². The van der Waals surface area contributed by atoms with Crippen molar-refractivity contribution in [1.82, 2.24) is 15.8 Å². The molecule has 1 heterocycles. The number of anilines is 1. The average molecular weight is 390 g/mol. The van der Waals surface area contributed by atoms with Crippen LogP contribution >= 0.6 is 11.8 Å². The maximum atomic E-state index is 12.0. The molecule has 8 nitrogen and oxygen atoms in total. The zero-order valence-electron chi connectivity index (χ0n) is 15.2. The lowest BCUT2D eigenvalue weighted by Crippen LogP contribution is -2.45. The number of amides is 3. The van der Waals surface area contributed by atoms with Gasteiger partial charge in [-0.2, -0.15) is 0 Å². The van der Waals surface area contributed by atoms with Gasteiger partial charge in [-0.05, 0) is 19.4 Å². The molecule has 3 amide bonds. The highest BCUT2D eigenvalue weighted by Gasteiger charge is 2.15. The van der Waals surface area contributed by atoms with Crippen molar-refractivity contribution in [3.63, 3.8) is 0 Å². The summed E-state index contributed by atoms with van der Waals surface area (Å²) in [5.74, 6) is 0.233. The Hall–Kier alpha value is -2.81. The summed E-state index contributed by atoms with van der Waals surface area (Å²) < 4.78 is 4.85. The van der Waals surface area contributed by atoms with E-state index in [-0.39, 0.29) is 29.2 Å². The minimum absolute atomic E-state index is 0.0710. The molecule has 0 spiro atoms. The third-order valence-corrected chi connectivity index (χ3v) is 4.37. The van der Waals surface area contributed by atoms with Crippen LogP contribution in [0.4, 0.5) is 5.82 Å². The Labute approximate surface area is 161 Å². The highest BCUT2D eigenvalue weighted by Crippen LogP contribution is 2.08. The standard InChI is InChI=1S/C18H22N4O4S/c1-12-8-15(22-26-12)21-17(24)11-27-10-16(23)20-13(2)18(25)19-9-14-6-4-3-5-7-14/h3-8,13H,9-11H2,1-2H3,(H,19,25)(H,20,23)(H,21,22,24). The van der Waals surface area contributed by atoms with Gasteiger partial charge in [-0.3, -0.25) is 14.4 Å². The third kappa shape index (κ3) is 7.53. The summed E-state index contributed by atoms with van der Waals surface area (Å²) in [5.41, 5.74) is 0.980. The number of aromatic nitrogens is 1. The molecule has 9 heteroatoms. The van der Waals surface area contributed by atoms with Gasteiger partial charge in [0.05, 0.1) is 11.5 Å². The van der Waals surface area contributed by atoms with Crippen LogP contribution in [0, 0.1) is 6.92 Å². The van der Waals surface area contributed by atoms with Gasteiger partial charge in [0.1, 0.15) is 11.8 Å². The lowest BCUT2D eigenvalue weighted by molar-refractivity contribution is -0.127. The van der Waals surface area contributed by atoms with Gasteiger partial charge in [0.25, 0.3) is 0 Å². The van der Waals surface area contributed by atoms with E-state index < -0.39 is 6.04 Å². The Morgan fingerprint density at radius 2 is 1.85 bits per heavy atom. The Bertz CT molecular complexity index is 779. The van der Waals surface area contributed by atoms with Crippen LogP contribution in [0.1, 0.15) is 18.2 Å². The largest absolute Gasteiger partial charge is 0.360 e. The fourth-order valence-electron chi connectivity index (χ4n) is 2.13. The van der Waals surface area contributed by atoms with Gasteiger partial charge in [-0.15, -0.1) is 11.8 Å². The van der Waals surface area contributed by atoms with E-state index in [1.54, 1.807) is 19.9 Å². The van der Waals surface area contributed by atoms with Gasteiger partial charge in [0, 0.05) is 12.6 Å². The summed E-state index contributed by atoms with van der Waals surface area (Å²) >= 11 is 1.15. The number of thioether (sulfide) groups is 1. The number of aryl methyl sites for hydroxylation is 1. The SMILES string of the molecule is Cc1cc(NC(=O)CSCC(=O)NC(C)C(=O)NCc2ccccc2)no1. The molecule has 0 aliphatic carbocycles. The summed E-state index contributed by atoms with van der Waals surface area (Å²) in [6, 6.07) is 10.4. The lowest BCUT2D eigenvalue weighted by atomic mass is 10.2. The molecular formula is C18H22N4O4S. The smallest absolute Gasteiger partial charge is 0.242 e. The lowest BCUT2D eigenvalue weighted by Gasteiger charge is -2.14. The molecule has 144 valence electrons. The number of benzene rings is 1. The van der Waals surface area contributed by atoms with Crippen LogP contribution in [0.3, 0.4) is 0 Å². The van der Waals surface area contributed by atoms with Crippen molar-refractivity contribution in [2.75, 3.05) is 16.8 Å². The monoisotopic (exact) mass is 390 g/mol. The van der Waals surface area contributed by atoms with Crippen molar-refractivity contribution >= 4 is 35.3 Å². The van der Waals surface area contributed by atoms with E-state index in [2.05, 4.69) is 21.1 Å². The molecule has 0 saturated carbocycles. The predicted molar refractivity (Wildman–Crippen MR) is 103 cm³/mol. The van der Waals surface area contributed by atoms with E-state index in [0.717, 1.165) is 17.3 Å². The number of hydrogen-bond acceptors (Lipinski definition) is 6. The molecule has 0 fully saturated rings. The second kappa shape index (κ2) is 10.4. The number of rotatable bonds is 9. The Morgan fingerprint density at radius 3 is 2.52 bits per heavy atom. The molecule has 0 aliphatic rings. The van der Waals surface area contributed by atoms with Crippen molar-refractivity contribution in [2.24, 2.45) is 0 Å². The van der Waals surface area contributed by atoms with E-state index in [4.69, 9.17) is 4.52 Å². The third-order valence-electron chi connectivity index (χ3n) is 3.44. The van der Waals surface area contributed by atoms with Gasteiger partial charge in [-0.1, -0.05) is 35.5 Å². The maximum Gasteiger partial charge on any atom is 0.242 e. The number of nitrogens with one attached hydrogen (secondary N) is 3. The van der Waals surface area contributed by atoms with Gasteiger partial charge in [0.2, 0.25) is 17.7 Å². The van der Waals surface area contributed by atoms with Crippen LogP contribution in [-0.2, 0) is 20.9 Å². The molecule has 1 aromatic heterocycles. The number of carbonyl (C=O) groups is 3. The van der Waals surface area contributed by atoms with Gasteiger partial charge in [-0.25, -0.2) is 0 Å². The van der Waals surface area contributed by atoms with Crippen molar-refractivity contribution in [3.05, 3.63) is 47.7 Å². The summed E-state index contributed by atoms with van der Waals surface area (Å²) in [7, 11) is 0. The topological polar surface area (TPSA) is 113 Å². The van der Waals surface area contributed by atoms with Crippen molar-refractivity contribution in [1.29, 1.82) is 0 Å². The predicted octanol–water partition coefficient (Wildman–Crippen LogP) is 1.48. The first-order chi connectivity index (χ1) is 12.9. The average Bonchev–Trinajstić information content (AvgIpc) is 3.05. The minimum Gasteiger partial charge on any atom is -0.360 e. The van der Waals surface area contributed by atoms with E-state index in [0.29, 0.717) is 18.1 Å². The molecule has 0 radical (unpaired) electrons. The van der Waals surface area contributed by atoms with Crippen LogP contribution in [-0.4, -0.2) is 40.4 Å². The second-order valence-electron chi connectivity index (χ2n) is 5.86. The molecule has 2 aromatic rings. The molecule has 0 bridgehead atoms. The van der Waals surface area contributed by atoms with Gasteiger partial charge in [0.15, 0.2) is 5.82 Å². The Morgan fingerprint density at radius 1 is 1.15 bits per heavy atom.